The Bertz CT molecular complexity index is 819. The zero-order valence-electron chi connectivity index (χ0n) is 13.0. The quantitative estimate of drug-likeness (QED) is 0.725. The van der Waals surface area contributed by atoms with Crippen LogP contribution in [-0.4, -0.2) is 40.7 Å². The number of rotatable bonds is 2. The number of fused-ring (bicyclic) bond motifs is 1. The summed E-state index contributed by atoms with van der Waals surface area (Å²) in [5.74, 6) is 1.03. The molecule has 1 aliphatic heterocycles. The molecule has 1 aromatic carbocycles. The summed E-state index contributed by atoms with van der Waals surface area (Å²) in [7, 11) is 2.01. The molecule has 5 nitrogen and oxygen atoms in total. The first-order chi connectivity index (χ1) is 11.2. The molecular formula is C17H18ClN5. The van der Waals surface area contributed by atoms with Crippen molar-refractivity contribution in [1.82, 2.24) is 14.5 Å². The average molecular weight is 328 g/mol. The largest absolute Gasteiger partial charge is 0.368 e. The molecule has 1 saturated heterocycles. The predicted octanol–water partition coefficient (Wildman–Crippen LogP) is 2.95. The van der Waals surface area contributed by atoms with E-state index in [0.717, 1.165) is 48.1 Å². The third kappa shape index (κ3) is 2.61. The maximum atomic E-state index is 5.97. The molecule has 0 spiro atoms. The van der Waals surface area contributed by atoms with Crippen LogP contribution in [0.25, 0.3) is 11.0 Å². The maximum Gasteiger partial charge on any atom is 0.145 e. The van der Waals surface area contributed by atoms with Crippen molar-refractivity contribution in [3.8, 4) is 0 Å². The second-order valence-corrected chi connectivity index (χ2v) is 6.25. The van der Waals surface area contributed by atoms with Crippen molar-refractivity contribution in [2.24, 2.45) is 7.05 Å². The van der Waals surface area contributed by atoms with Crippen LogP contribution in [0.2, 0.25) is 5.02 Å². The molecule has 23 heavy (non-hydrogen) atoms. The predicted molar refractivity (Wildman–Crippen MR) is 94.4 cm³/mol. The van der Waals surface area contributed by atoms with Gasteiger partial charge in [0.1, 0.15) is 17.8 Å². The molecule has 0 N–H and O–H groups in total. The van der Waals surface area contributed by atoms with Gasteiger partial charge >= 0.3 is 0 Å². The summed E-state index contributed by atoms with van der Waals surface area (Å²) in [6.07, 6.45) is 3.69. The summed E-state index contributed by atoms with van der Waals surface area (Å²) < 4.78 is 2.03. The fourth-order valence-corrected chi connectivity index (χ4v) is 3.27. The molecule has 4 rings (SSSR count). The highest BCUT2D eigenvalue weighted by Crippen LogP contribution is 2.26. The van der Waals surface area contributed by atoms with Crippen molar-refractivity contribution in [3.63, 3.8) is 0 Å². The molecule has 2 aromatic heterocycles. The van der Waals surface area contributed by atoms with Gasteiger partial charge in [0.15, 0.2) is 0 Å². The number of hydrogen-bond acceptors (Lipinski definition) is 4. The van der Waals surface area contributed by atoms with Crippen LogP contribution >= 0.6 is 11.6 Å². The minimum atomic E-state index is 0.778. The van der Waals surface area contributed by atoms with E-state index < -0.39 is 0 Å². The highest BCUT2D eigenvalue weighted by Gasteiger charge is 2.20. The Balaban J connectivity index is 1.54. The van der Waals surface area contributed by atoms with Gasteiger partial charge in [-0.2, -0.15) is 0 Å². The smallest absolute Gasteiger partial charge is 0.145 e. The molecule has 0 unspecified atom stereocenters. The topological polar surface area (TPSA) is 37.2 Å². The van der Waals surface area contributed by atoms with Gasteiger partial charge < -0.3 is 14.4 Å². The van der Waals surface area contributed by atoms with E-state index in [9.17, 15) is 0 Å². The average Bonchev–Trinajstić information content (AvgIpc) is 2.97. The number of anilines is 2. The van der Waals surface area contributed by atoms with Crippen molar-refractivity contribution >= 4 is 34.1 Å². The minimum Gasteiger partial charge on any atom is -0.368 e. The zero-order valence-corrected chi connectivity index (χ0v) is 13.7. The fourth-order valence-electron chi connectivity index (χ4n) is 3.14. The van der Waals surface area contributed by atoms with Crippen LogP contribution in [0.3, 0.4) is 0 Å². The van der Waals surface area contributed by atoms with E-state index in [2.05, 4.69) is 38.0 Å². The highest BCUT2D eigenvalue weighted by molar-refractivity contribution is 6.30. The van der Waals surface area contributed by atoms with Gasteiger partial charge in [0, 0.05) is 50.1 Å². The number of aryl methyl sites for hydroxylation is 1. The lowest BCUT2D eigenvalue weighted by atomic mass is 10.2. The van der Waals surface area contributed by atoms with Gasteiger partial charge in [0.05, 0.1) is 5.39 Å². The SMILES string of the molecule is Cn1ccc2c(N3CCN(c4ccc(Cl)cc4)CC3)ncnc21. The maximum absolute atomic E-state index is 5.97. The van der Waals surface area contributed by atoms with Crippen LogP contribution in [0.1, 0.15) is 0 Å². The molecule has 118 valence electrons. The standard InChI is InChI=1S/C17H18ClN5/c1-21-7-6-15-16(21)19-12-20-17(15)23-10-8-22(9-11-23)14-4-2-13(18)3-5-14/h2-7,12H,8-11H2,1H3. The first kappa shape index (κ1) is 14.3. The Kier molecular flexibility index (Phi) is 3.58. The lowest BCUT2D eigenvalue weighted by Crippen LogP contribution is -2.46. The van der Waals surface area contributed by atoms with Gasteiger partial charge in [-0.25, -0.2) is 9.97 Å². The van der Waals surface area contributed by atoms with Crippen LogP contribution in [0.5, 0.6) is 0 Å². The number of benzene rings is 1. The van der Waals surface area contributed by atoms with Crippen molar-refractivity contribution < 1.29 is 0 Å². The van der Waals surface area contributed by atoms with Gasteiger partial charge in [-0.1, -0.05) is 11.6 Å². The molecule has 3 aromatic rings. The van der Waals surface area contributed by atoms with Crippen LogP contribution in [0.15, 0.2) is 42.9 Å². The summed E-state index contributed by atoms with van der Waals surface area (Å²) in [4.78, 5) is 13.6. The molecule has 0 bridgehead atoms. The summed E-state index contributed by atoms with van der Waals surface area (Å²) >= 11 is 5.97. The van der Waals surface area contributed by atoms with E-state index in [-0.39, 0.29) is 0 Å². The number of halogens is 1. The molecule has 0 atom stereocenters. The Morgan fingerprint density at radius 1 is 0.913 bits per heavy atom. The van der Waals surface area contributed by atoms with Crippen molar-refractivity contribution in [2.75, 3.05) is 36.0 Å². The van der Waals surface area contributed by atoms with E-state index in [4.69, 9.17) is 11.6 Å². The lowest BCUT2D eigenvalue weighted by Gasteiger charge is -2.36. The second kappa shape index (κ2) is 5.74. The van der Waals surface area contributed by atoms with Crippen LogP contribution in [0.4, 0.5) is 11.5 Å². The molecule has 0 aliphatic carbocycles. The molecule has 6 heteroatoms. The Morgan fingerprint density at radius 3 is 2.35 bits per heavy atom. The third-order valence-electron chi connectivity index (χ3n) is 4.41. The normalized spacial score (nSPS) is 15.4. The lowest BCUT2D eigenvalue weighted by molar-refractivity contribution is 0.649. The highest BCUT2D eigenvalue weighted by atomic mass is 35.5. The fraction of sp³-hybridized carbons (Fsp3) is 0.294. The molecule has 3 heterocycles. The van der Waals surface area contributed by atoms with Gasteiger partial charge in [0.25, 0.3) is 0 Å². The Labute approximate surface area is 140 Å². The summed E-state index contributed by atoms with van der Waals surface area (Å²) in [5, 5.41) is 1.90. The Hall–Kier alpha value is -2.27. The molecule has 1 fully saturated rings. The number of nitrogens with zero attached hydrogens (tertiary/aromatic N) is 5. The summed E-state index contributed by atoms with van der Waals surface area (Å²) in [5.41, 5.74) is 2.21. The first-order valence-electron chi connectivity index (χ1n) is 7.74. The van der Waals surface area contributed by atoms with Crippen LogP contribution < -0.4 is 9.80 Å². The van der Waals surface area contributed by atoms with Gasteiger partial charge in [-0.3, -0.25) is 0 Å². The van der Waals surface area contributed by atoms with Gasteiger partial charge in [0.2, 0.25) is 0 Å². The number of aromatic nitrogens is 3. The summed E-state index contributed by atoms with van der Waals surface area (Å²) in [6.45, 7) is 3.84. The van der Waals surface area contributed by atoms with E-state index in [1.807, 2.05) is 29.9 Å². The van der Waals surface area contributed by atoms with Crippen molar-refractivity contribution in [1.29, 1.82) is 0 Å². The number of piperazine rings is 1. The van der Waals surface area contributed by atoms with Gasteiger partial charge in [-0.15, -0.1) is 0 Å². The first-order valence-corrected chi connectivity index (χ1v) is 8.12. The van der Waals surface area contributed by atoms with Crippen molar-refractivity contribution in [3.05, 3.63) is 47.9 Å². The zero-order chi connectivity index (χ0) is 15.8. The van der Waals surface area contributed by atoms with Crippen LogP contribution in [-0.2, 0) is 7.05 Å². The van der Waals surface area contributed by atoms with Gasteiger partial charge in [-0.05, 0) is 30.3 Å². The molecule has 0 saturated carbocycles. The third-order valence-corrected chi connectivity index (χ3v) is 4.66. The molecular weight excluding hydrogens is 310 g/mol. The molecule has 0 radical (unpaired) electrons. The van der Waals surface area contributed by atoms with Crippen molar-refractivity contribution in [2.45, 2.75) is 0 Å². The van der Waals surface area contributed by atoms with E-state index in [0.29, 0.717) is 0 Å². The summed E-state index contributed by atoms with van der Waals surface area (Å²) in [6, 6.07) is 10.1. The van der Waals surface area contributed by atoms with E-state index in [1.54, 1.807) is 6.33 Å². The van der Waals surface area contributed by atoms with Crippen LogP contribution in [0, 0.1) is 0 Å². The second-order valence-electron chi connectivity index (χ2n) is 5.81. The Morgan fingerprint density at radius 2 is 1.61 bits per heavy atom. The number of hydrogen-bond donors (Lipinski definition) is 0. The molecule has 1 aliphatic rings. The molecule has 0 amide bonds. The van der Waals surface area contributed by atoms with E-state index >= 15 is 0 Å². The minimum absolute atomic E-state index is 0.778. The monoisotopic (exact) mass is 327 g/mol. The van der Waals surface area contributed by atoms with E-state index in [1.165, 1.54) is 5.69 Å².